The molecular weight excluding hydrogens is 260 g/mol. The van der Waals surface area contributed by atoms with Crippen molar-refractivity contribution in [1.29, 1.82) is 0 Å². The summed E-state index contributed by atoms with van der Waals surface area (Å²) in [5, 5.41) is 0. The Morgan fingerprint density at radius 2 is 1.70 bits per heavy atom. The van der Waals surface area contributed by atoms with Crippen LogP contribution in [0.3, 0.4) is 0 Å². The van der Waals surface area contributed by atoms with Gasteiger partial charge < -0.3 is 23.7 Å². The van der Waals surface area contributed by atoms with Crippen LogP contribution in [-0.4, -0.2) is 41.5 Å². The normalized spacial score (nSPS) is 10.6. The Morgan fingerprint density at radius 3 is 2.30 bits per heavy atom. The summed E-state index contributed by atoms with van der Waals surface area (Å²) >= 11 is 0. The molecule has 1 rings (SSSR count). The molecule has 5 heteroatoms. The van der Waals surface area contributed by atoms with Gasteiger partial charge in [0.05, 0.1) is 6.61 Å². The van der Waals surface area contributed by atoms with Crippen molar-refractivity contribution in [3.63, 3.8) is 0 Å². The van der Waals surface area contributed by atoms with E-state index in [0.29, 0.717) is 12.4 Å². The Morgan fingerprint density at radius 1 is 1.00 bits per heavy atom. The van der Waals surface area contributed by atoms with Crippen molar-refractivity contribution in [2.24, 2.45) is 0 Å². The highest BCUT2D eigenvalue weighted by Gasteiger charge is 2.12. The average molecular weight is 283 g/mol. The predicted molar refractivity (Wildman–Crippen MR) is 75.2 cm³/mol. The van der Waals surface area contributed by atoms with Crippen LogP contribution in [0.4, 0.5) is 0 Å². The summed E-state index contributed by atoms with van der Waals surface area (Å²) in [6, 6.07) is 5.06. The molecule has 20 heavy (non-hydrogen) atoms. The molecule has 0 aliphatic heterocycles. The highest BCUT2D eigenvalue weighted by atomic mass is 16.7. The van der Waals surface area contributed by atoms with Gasteiger partial charge in [-0.25, -0.2) is 0 Å². The second-order valence-corrected chi connectivity index (χ2v) is 4.15. The summed E-state index contributed by atoms with van der Waals surface area (Å²) in [4.78, 5) is 0. The summed E-state index contributed by atoms with van der Waals surface area (Å²) in [7, 11) is 4.85. The van der Waals surface area contributed by atoms with Crippen LogP contribution in [0, 0.1) is 6.07 Å². The van der Waals surface area contributed by atoms with Crippen LogP contribution in [0.15, 0.2) is 6.07 Å². The number of benzene rings is 1. The number of hydrogen-bond acceptors (Lipinski definition) is 5. The van der Waals surface area contributed by atoms with Gasteiger partial charge in [-0.15, -0.1) is 0 Å². The van der Waals surface area contributed by atoms with E-state index in [1.54, 1.807) is 21.3 Å². The Labute approximate surface area is 120 Å². The van der Waals surface area contributed by atoms with Crippen LogP contribution in [0.1, 0.15) is 18.1 Å². The van der Waals surface area contributed by atoms with Gasteiger partial charge in [-0.05, 0) is 24.0 Å². The van der Waals surface area contributed by atoms with Crippen LogP contribution < -0.4 is 9.47 Å². The van der Waals surface area contributed by atoms with Crippen molar-refractivity contribution in [3.05, 3.63) is 23.3 Å². The van der Waals surface area contributed by atoms with Crippen LogP contribution in [-0.2, 0) is 27.1 Å². The fraction of sp³-hybridized carbons (Fsp3) is 0.600. The molecule has 0 saturated carbocycles. The zero-order chi connectivity index (χ0) is 14.8. The van der Waals surface area contributed by atoms with Crippen LogP contribution >= 0.6 is 0 Å². The van der Waals surface area contributed by atoms with Gasteiger partial charge in [0.1, 0.15) is 11.5 Å². The van der Waals surface area contributed by atoms with Crippen molar-refractivity contribution >= 4 is 0 Å². The Kier molecular flexibility index (Phi) is 8.02. The van der Waals surface area contributed by atoms with Crippen molar-refractivity contribution in [1.82, 2.24) is 0 Å². The van der Waals surface area contributed by atoms with E-state index in [4.69, 9.17) is 23.7 Å². The van der Waals surface area contributed by atoms with E-state index in [1.807, 2.05) is 6.07 Å². The zero-order valence-electron chi connectivity index (χ0n) is 12.7. The fourth-order valence-corrected chi connectivity index (χ4v) is 1.87. The van der Waals surface area contributed by atoms with Crippen molar-refractivity contribution in [2.45, 2.75) is 19.8 Å². The van der Waals surface area contributed by atoms with Crippen LogP contribution in [0.25, 0.3) is 0 Å². The van der Waals surface area contributed by atoms with E-state index in [2.05, 4.69) is 13.0 Å². The van der Waals surface area contributed by atoms with Gasteiger partial charge in [0.25, 0.3) is 0 Å². The lowest BCUT2D eigenvalue weighted by Crippen LogP contribution is -2.07. The molecule has 0 bridgehead atoms. The maximum absolute atomic E-state index is 5.61. The molecule has 0 aromatic heterocycles. The molecule has 1 radical (unpaired) electrons. The Hall–Kier alpha value is -1.30. The van der Waals surface area contributed by atoms with E-state index in [1.165, 1.54) is 0 Å². The monoisotopic (exact) mass is 283 g/mol. The van der Waals surface area contributed by atoms with Crippen molar-refractivity contribution in [2.75, 3.05) is 41.5 Å². The summed E-state index contributed by atoms with van der Waals surface area (Å²) in [5.74, 6) is 1.35. The zero-order valence-corrected chi connectivity index (χ0v) is 12.7. The number of rotatable bonds is 10. The second-order valence-electron chi connectivity index (χ2n) is 4.15. The third kappa shape index (κ3) is 5.00. The number of methoxy groups -OCH3 is 3. The lowest BCUT2D eigenvalue weighted by Gasteiger charge is -2.16. The number of hydrogen-bond donors (Lipinski definition) is 0. The van der Waals surface area contributed by atoms with Crippen molar-refractivity contribution in [3.8, 4) is 11.5 Å². The summed E-state index contributed by atoms with van der Waals surface area (Å²) in [5.41, 5.74) is 2.14. The first-order chi connectivity index (χ1) is 9.76. The van der Waals surface area contributed by atoms with Crippen LogP contribution in [0.2, 0.25) is 0 Å². The molecule has 0 unspecified atom stereocenters. The van der Waals surface area contributed by atoms with E-state index >= 15 is 0 Å². The minimum Gasteiger partial charge on any atom is -0.467 e. The minimum atomic E-state index is 0.176. The predicted octanol–water partition coefficient (Wildman–Crippen LogP) is 2.20. The lowest BCUT2D eigenvalue weighted by atomic mass is 10.0. The highest BCUT2D eigenvalue weighted by molar-refractivity contribution is 5.46. The molecule has 1 aromatic rings. The topological polar surface area (TPSA) is 46.2 Å². The SMILES string of the molecule is CCc1c(CCOC)[c]c(OCOC)cc1OCOC. The molecule has 0 atom stereocenters. The van der Waals surface area contributed by atoms with Gasteiger partial charge in [-0.3, -0.25) is 0 Å². The van der Waals surface area contributed by atoms with E-state index < -0.39 is 0 Å². The summed E-state index contributed by atoms with van der Waals surface area (Å²) < 4.78 is 26.1. The molecule has 0 fully saturated rings. The molecule has 0 heterocycles. The minimum absolute atomic E-state index is 0.176. The van der Waals surface area contributed by atoms with E-state index in [0.717, 1.165) is 29.7 Å². The molecule has 0 amide bonds. The third-order valence-electron chi connectivity index (χ3n) is 2.77. The lowest BCUT2D eigenvalue weighted by molar-refractivity contribution is 0.0453. The Bertz CT molecular complexity index is 363. The molecule has 0 aliphatic carbocycles. The van der Waals surface area contributed by atoms with Gasteiger partial charge in [0.2, 0.25) is 0 Å². The molecule has 5 nitrogen and oxygen atoms in total. The molecule has 0 N–H and O–H groups in total. The highest BCUT2D eigenvalue weighted by Crippen LogP contribution is 2.29. The van der Waals surface area contributed by atoms with Gasteiger partial charge in [0, 0.05) is 33.5 Å². The molecule has 113 valence electrons. The molecular formula is C15H23O5. The first-order valence-corrected chi connectivity index (χ1v) is 6.57. The molecule has 0 spiro atoms. The van der Waals surface area contributed by atoms with Gasteiger partial charge in [0.15, 0.2) is 13.6 Å². The Balaban J connectivity index is 3.02. The average Bonchev–Trinajstić information content (AvgIpc) is 2.48. The van der Waals surface area contributed by atoms with Gasteiger partial charge in [-0.1, -0.05) is 6.92 Å². The fourth-order valence-electron chi connectivity index (χ4n) is 1.87. The van der Waals surface area contributed by atoms with Gasteiger partial charge >= 0.3 is 0 Å². The van der Waals surface area contributed by atoms with E-state index in [-0.39, 0.29) is 13.6 Å². The summed E-state index contributed by atoms with van der Waals surface area (Å²) in [6.07, 6.45) is 1.60. The third-order valence-corrected chi connectivity index (χ3v) is 2.77. The standard InChI is InChI=1S/C15H23O5/c1-5-14-12(6-7-16-2)8-13(19-10-17-3)9-15(14)20-11-18-4/h9H,5-7,10-11H2,1-4H3. The molecule has 0 aliphatic rings. The van der Waals surface area contributed by atoms with Crippen LogP contribution in [0.5, 0.6) is 11.5 Å². The molecule has 0 saturated heterocycles. The maximum Gasteiger partial charge on any atom is 0.188 e. The molecule has 1 aromatic carbocycles. The maximum atomic E-state index is 5.61. The number of ether oxygens (including phenoxy) is 5. The first-order valence-electron chi connectivity index (χ1n) is 6.57. The van der Waals surface area contributed by atoms with Crippen molar-refractivity contribution < 1.29 is 23.7 Å². The quantitative estimate of drug-likeness (QED) is 0.616. The summed E-state index contributed by atoms with van der Waals surface area (Å²) in [6.45, 7) is 3.08. The van der Waals surface area contributed by atoms with E-state index in [9.17, 15) is 0 Å². The largest absolute Gasteiger partial charge is 0.467 e. The second kappa shape index (κ2) is 9.58. The smallest absolute Gasteiger partial charge is 0.188 e. The van der Waals surface area contributed by atoms with Gasteiger partial charge in [-0.2, -0.15) is 0 Å². The first kappa shape index (κ1) is 16.8.